The molecule has 2 rings (SSSR count). The van der Waals surface area contributed by atoms with Crippen LogP contribution in [0.5, 0.6) is 5.88 Å². The molecular formula is C12H18N6O. The molecule has 0 saturated heterocycles. The minimum absolute atomic E-state index is 0.00479. The van der Waals surface area contributed by atoms with E-state index in [1.807, 2.05) is 34.0 Å². The maximum Gasteiger partial charge on any atom is 0.242 e. The minimum Gasteiger partial charge on any atom is -0.473 e. The van der Waals surface area contributed by atoms with Gasteiger partial charge in [0.1, 0.15) is 12.0 Å². The molecule has 0 fully saturated rings. The van der Waals surface area contributed by atoms with Gasteiger partial charge >= 0.3 is 0 Å². The van der Waals surface area contributed by atoms with Crippen LogP contribution in [0.25, 0.3) is 0 Å². The maximum absolute atomic E-state index is 6.00. The number of anilines is 3. The van der Waals surface area contributed by atoms with Crippen LogP contribution in [-0.2, 0) is 7.05 Å². The molecule has 0 radical (unpaired) electrons. The van der Waals surface area contributed by atoms with Gasteiger partial charge in [-0.2, -0.15) is 10.1 Å². The topological polar surface area (TPSA) is 90.9 Å². The van der Waals surface area contributed by atoms with Crippen LogP contribution in [0.4, 0.5) is 17.2 Å². The van der Waals surface area contributed by atoms with Crippen molar-refractivity contribution in [2.24, 2.45) is 7.05 Å². The van der Waals surface area contributed by atoms with E-state index < -0.39 is 0 Å². The number of nitrogens with two attached hydrogens (primary N) is 1. The standard InChI is InChI=1S/C12H18N6O/c1-7(2)19-12-10(13)11(14-6-15-12)16-9-5-18(4)17-8(9)3/h5-7H,13H2,1-4H3,(H,14,15,16). The number of hydrogen-bond donors (Lipinski definition) is 2. The van der Waals surface area contributed by atoms with Crippen molar-refractivity contribution in [1.29, 1.82) is 0 Å². The maximum atomic E-state index is 6.00. The molecule has 0 amide bonds. The fourth-order valence-corrected chi connectivity index (χ4v) is 1.65. The number of nitrogen functional groups attached to an aromatic ring is 1. The molecule has 0 bridgehead atoms. The van der Waals surface area contributed by atoms with Crippen LogP contribution in [0.1, 0.15) is 19.5 Å². The Morgan fingerprint density at radius 3 is 2.68 bits per heavy atom. The highest BCUT2D eigenvalue weighted by atomic mass is 16.5. The van der Waals surface area contributed by atoms with Gasteiger partial charge in [-0.25, -0.2) is 4.98 Å². The van der Waals surface area contributed by atoms with Gasteiger partial charge in [-0.05, 0) is 20.8 Å². The Hall–Kier alpha value is -2.31. The molecule has 2 heterocycles. The van der Waals surface area contributed by atoms with E-state index in [2.05, 4.69) is 20.4 Å². The average Bonchev–Trinajstić information content (AvgIpc) is 2.62. The van der Waals surface area contributed by atoms with E-state index >= 15 is 0 Å². The quantitative estimate of drug-likeness (QED) is 0.870. The predicted molar refractivity (Wildman–Crippen MR) is 73.4 cm³/mol. The van der Waals surface area contributed by atoms with Gasteiger partial charge in [0.05, 0.1) is 17.5 Å². The molecule has 7 nitrogen and oxygen atoms in total. The largest absolute Gasteiger partial charge is 0.473 e. The summed E-state index contributed by atoms with van der Waals surface area (Å²) in [7, 11) is 1.86. The summed E-state index contributed by atoms with van der Waals surface area (Å²) in [6.45, 7) is 5.74. The highest BCUT2D eigenvalue weighted by Crippen LogP contribution is 2.28. The molecule has 0 spiro atoms. The number of nitrogens with zero attached hydrogens (tertiary/aromatic N) is 4. The molecule has 2 aromatic rings. The van der Waals surface area contributed by atoms with Crippen LogP contribution in [0.15, 0.2) is 12.5 Å². The summed E-state index contributed by atoms with van der Waals surface area (Å²) in [4.78, 5) is 8.16. The van der Waals surface area contributed by atoms with Crippen molar-refractivity contribution in [2.45, 2.75) is 26.9 Å². The zero-order valence-electron chi connectivity index (χ0n) is 11.5. The van der Waals surface area contributed by atoms with E-state index in [0.717, 1.165) is 11.4 Å². The lowest BCUT2D eigenvalue weighted by atomic mass is 10.3. The molecule has 0 unspecified atom stereocenters. The van der Waals surface area contributed by atoms with Crippen molar-refractivity contribution >= 4 is 17.2 Å². The molecule has 102 valence electrons. The van der Waals surface area contributed by atoms with Gasteiger partial charge in [0.25, 0.3) is 0 Å². The molecule has 0 atom stereocenters. The summed E-state index contributed by atoms with van der Waals surface area (Å²) in [5, 5.41) is 7.38. The second kappa shape index (κ2) is 5.13. The summed E-state index contributed by atoms with van der Waals surface area (Å²) < 4.78 is 7.24. The number of hydrogen-bond acceptors (Lipinski definition) is 6. The number of aromatic nitrogens is 4. The van der Waals surface area contributed by atoms with Gasteiger partial charge in [-0.3, -0.25) is 4.68 Å². The molecule has 0 aliphatic heterocycles. The molecule has 2 aromatic heterocycles. The van der Waals surface area contributed by atoms with E-state index in [9.17, 15) is 0 Å². The first kappa shape index (κ1) is 13.1. The van der Waals surface area contributed by atoms with Crippen LogP contribution in [0, 0.1) is 6.92 Å². The van der Waals surface area contributed by atoms with Crippen LogP contribution < -0.4 is 15.8 Å². The normalized spacial score (nSPS) is 10.8. The van der Waals surface area contributed by atoms with Gasteiger partial charge in [0, 0.05) is 13.2 Å². The van der Waals surface area contributed by atoms with Crippen LogP contribution in [0.3, 0.4) is 0 Å². The van der Waals surface area contributed by atoms with Gasteiger partial charge < -0.3 is 15.8 Å². The van der Waals surface area contributed by atoms with Crippen molar-refractivity contribution in [1.82, 2.24) is 19.7 Å². The van der Waals surface area contributed by atoms with E-state index in [0.29, 0.717) is 17.4 Å². The van der Waals surface area contributed by atoms with Crippen molar-refractivity contribution in [3.63, 3.8) is 0 Å². The predicted octanol–water partition coefficient (Wildman–Crippen LogP) is 1.63. The van der Waals surface area contributed by atoms with Crippen molar-refractivity contribution in [2.75, 3.05) is 11.1 Å². The van der Waals surface area contributed by atoms with E-state index in [1.54, 1.807) is 4.68 Å². The first-order chi connectivity index (χ1) is 8.97. The monoisotopic (exact) mass is 262 g/mol. The van der Waals surface area contributed by atoms with Crippen LogP contribution >= 0.6 is 0 Å². The minimum atomic E-state index is 0.00479. The molecule has 0 aliphatic rings. The van der Waals surface area contributed by atoms with Gasteiger partial charge in [-0.15, -0.1) is 0 Å². The Kier molecular flexibility index (Phi) is 3.55. The molecule has 0 aliphatic carbocycles. The fourth-order valence-electron chi connectivity index (χ4n) is 1.65. The molecule has 3 N–H and O–H groups in total. The Bertz CT molecular complexity index is 578. The molecule has 0 aromatic carbocycles. The first-order valence-electron chi connectivity index (χ1n) is 6.01. The van der Waals surface area contributed by atoms with E-state index in [4.69, 9.17) is 10.5 Å². The number of aryl methyl sites for hydroxylation is 2. The van der Waals surface area contributed by atoms with Crippen molar-refractivity contribution < 1.29 is 4.74 Å². The Morgan fingerprint density at radius 2 is 2.11 bits per heavy atom. The van der Waals surface area contributed by atoms with Crippen molar-refractivity contribution in [3.05, 3.63) is 18.2 Å². The number of nitrogens with one attached hydrogen (secondary N) is 1. The van der Waals surface area contributed by atoms with E-state index in [-0.39, 0.29) is 6.10 Å². The summed E-state index contributed by atoms with van der Waals surface area (Å²) in [6, 6.07) is 0. The number of ether oxygens (including phenoxy) is 1. The fraction of sp³-hybridized carbons (Fsp3) is 0.417. The lowest BCUT2D eigenvalue weighted by molar-refractivity contribution is 0.234. The van der Waals surface area contributed by atoms with Gasteiger partial charge in [0.2, 0.25) is 5.88 Å². The Labute approximate surface area is 111 Å². The third kappa shape index (κ3) is 2.93. The average molecular weight is 262 g/mol. The van der Waals surface area contributed by atoms with Crippen molar-refractivity contribution in [3.8, 4) is 5.88 Å². The zero-order chi connectivity index (χ0) is 14.0. The first-order valence-corrected chi connectivity index (χ1v) is 6.01. The Morgan fingerprint density at radius 1 is 1.37 bits per heavy atom. The number of rotatable bonds is 4. The van der Waals surface area contributed by atoms with Crippen LogP contribution in [0.2, 0.25) is 0 Å². The molecule has 7 heteroatoms. The third-order valence-corrected chi connectivity index (χ3v) is 2.46. The second-order valence-electron chi connectivity index (χ2n) is 4.53. The summed E-state index contributed by atoms with van der Waals surface area (Å²) >= 11 is 0. The molecular weight excluding hydrogens is 244 g/mol. The molecule has 0 saturated carbocycles. The Balaban J connectivity index is 2.28. The zero-order valence-corrected chi connectivity index (χ0v) is 11.5. The van der Waals surface area contributed by atoms with Gasteiger partial charge in [-0.1, -0.05) is 0 Å². The summed E-state index contributed by atoms with van der Waals surface area (Å²) in [6.07, 6.45) is 3.28. The van der Waals surface area contributed by atoms with Crippen LogP contribution in [-0.4, -0.2) is 25.9 Å². The second-order valence-corrected chi connectivity index (χ2v) is 4.53. The SMILES string of the molecule is Cc1nn(C)cc1Nc1ncnc(OC(C)C)c1N. The lowest BCUT2D eigenvalue weighted by Crippen LogP contribution is -2.10. The lowest BCUT2D eigenvalue weighted by Gasteiger charge is -2.13. The van der Waals surface area contributed by atoms with E-state index in [1.165, 1.54) is 6.33 Å². The van der Waals surface area contributed by atoms with Gasteiger partial charge in [0.15, 0.2) is 5.82 Å². The summed E-state index contributed by atoms with van der Waals surface area (Å²) in [5.74, 6) is 0.899. The highest BCUT2D eigenvalue weighted by Gasteiger charge is 2.12. The smallest absolute Gasteiger partial charge is 0.242 e. The third-order valence-electron chi connectivity index (χ3n) is 2.46. The molecule has 19 heavy (non-hydrogen) atoms. The highest BCUT2D eigenvalue weighted by molar-refractivity contribution is 5.72. The summed E-state index contributed by atoms with van der Waals surface area (Å²) in [5.41, 5.74) is 8.10.